The highest BCUT2D eigenvalue weighted by atomic mass is 32.1. The summed E-state index contributed by atoms with van der Waals surface area (Å²) in [5, 5.41) is 4.23. The first-order valence-electron chi connectivity index (χ1n) is 9.23. The number of carbonyl (C=O) groups excluding carboxylic acids is 2. The summed E-state index contributed by atoms with van der Waals surface area (Å²) in [5.41, 5.74) is 0.861. The molecule has 1 N–H and O–H groups in total. The van der Waals surface area contributed by atoms with Crippen molar-refractivity contribution in [3.63, 3.8) is 0 Å². The van der Waals surface area contributed by atoms with Crippen molar-refractivity contribution in [3.8, 4) is 0 Å². The number of nitrogens with zero attached hydrogens (tertiary/aromatic N) is 3. The molecule has 7 heteroatoms. The fourth-order valence-corrected chi connectivity index (χ4v) is 4.79. The van der Waals surface area contributed by atoms with Gasteiger partial charge >= 0.3 is 0 Å². The number of amides is 2. The van der Waals surface area contributed by atoms with Gasteiger partial charge < -0.3 is 10.2 Å². The smallest absolute Gasteiger partial charge is 0.239 e. The number of likely N-dealkylation sites (N-methyl/N-ethyl adjacent to an activating group) is 1. The molecule has 3 heterocycles. The maximum Gasteiger partial charge on any atom is 0.239 e. The Morgan fingerprint density at radius 1 is 1.23 bits per heavy atom. The highest BCUT2D eigenvalue weighted by Gasteiger charge is 2.35. The van der Waals surface area contributed by atoms with E-state index in [1.54, 1.807) is 0 Å². The molecule has 0 spiro atoms. The van der Waals surface area contributed by atoms with Crippen molar-refractivity contribution >= 4 is 33.4 Å². The van der Waals surface area contributed by atoms with E-state index in [0.717, 1.165) is 54.7 Å². The summed E-state index contributed by atoms with van der Waals surface area (Å²) in [6, 6.07) is 8.26. The minimum absolute atomic E-state index is 0.0381. The zero-order valence-electron chi connectivity index (χ0n) is 15.0. The summed E-state index contributed by atoms with van der Waals surface area (Å²) in [6.45, 7) is 2.59. The van der Waals surface area contributed by atoms with E-state index < -0.39 is 0 Å². The molecular formula is C19H24N4O2S. The predicted molar refractivity (Wildman–Crippen MR) is 102 cm³/mol. The van der Waals surface area contributed by atoms with Gasteiger partial charge in [0.2, 0.25) is 11.8 Å². The Hall–Kier alpha value is -1.99. The van der Waals surface area contributed by atoms with Gasteiger partial charge in [-0.1, -0.05) is 18.2 Å². The number of piperidine rings is 1. The molecule has 2 saturated heterocycles. The molecule has 2 amide bonds. The SMILES string of the molecule is CN1CC[C@H](N2CCC(NC(=O)Cc3nsc4ccccc34)CC2)C1=O. The molecule has 0 aliphatic carbocycles. The van der Waals surface area contributed by atoms with Crippen molar-refractivity contribution in [2.45, 2.75) is 37.8 Å². The number of fused-ring (bicyclic) bond motifs is 1. The zero-order chi connectivity index (χ0) is 18.1. The minimum Gasteiger partial charge on any atom is -0.353 e. The second-order valence-corrected chi connectivity index (χ2v) is 8.05. The van der Waals surface area contributed by atoms with Crippen LogP contribution >= 0.6 is 11.5 Å². The molecule has 0 radical (unpaired) electrons. The normalized spacial score (nSPS) is 22.3. The molecule has 4 rings (SSSR count). The van der Waals surface area contributed by atoms with E-state index in [1.807, 2.05) is 36.2 Å². The van der Waals surface area contributed by atoms with E-state index in [1.165, 1.54) is 11.5 Å². The predicted octanol–water partition coefficient (Wildman–Crippen LogP) is 1.65. The van der Waals surface area contributed by atoms with Crippen LogP contribution in [0.2, 0.25) is 0 Å². The maximum atomic E-state index is 12.4. The summed E-state index contributed by atoms with van der Waals surface area (Å²) >= 11 is 1.44. The minimum atomic E-state index is 0.0381. The monoisotopic (exact) mass is 372 g/mol. The lowest BCUT2D eigenvalue weighted by Crippen LogP contribution is -2.50. The number of likely N-dealkylation sites (tertiary alicyclic amines) is 2. The van der Waals surface area contributed by atoms with Crippen LogP contribution in [0, 0.1) is 0 Å². The Labute approximate surface area is 157 Å². The van der Waals surface area contributed by atoms with Crippen molar-refractivity contribution in [1.82, 2.24) is 19.5 Å². The molecule has 2 fully saturated rings. The quantitative estimate of drug-likeness (QED) is 0.886. The first-order chi connectivity index (χ1) is 12.6. The first-order valence-corrected chi connectivity index (χ1v) is 10.0. The third kappa shape index (κ3) is 3.46. The molecule has 0 unspecified atom stereocenters. The molecular weight excluding hydrogens is 348 g/mol. The molecule has 1 atom stereocenters. The highest BCUT2D eigenvalue weighted by Crippen LogP contribution is 2.23. The van der Waals surface area contributed by atoms with Gasteiger partial charge in [0.05, 0.1) is 22.9 Å². The Balaban J connectivity index is 1.29. The molecule has 2 aromatic rings. The Morgan fingerprint density at radius 3 is 2.73 bits per heavy atom. The lowest BCUT2D eigenvalue weighted by Gasteiger charge is -2.35. The van der Waals surface area contributed by atoms with E-state index in [9.17, 15) is 9.59 Å². The second kappa shape index (κ2) is 7.32. The summed E-state index contributed by atoms with van der Waals surface area (Å²) in [6.07, 6.45) is 3.05. The van der Waals surface area contributed by atoms with Gasteiger partial charge in [-0.25, -0.2) is 0 Å². The molecule has 1 aromatic heterocycles. The summed E-state index contributed by atoms with van der Waals surface area (Å²) in [7, 11) is 1.87. The standard InChI is InChI=1S/C19H24N4O2S/c1-22-9-8-16(19(22)25)23-10-6-13(7-11-23)20-18(24)12-15-14-4-2-3-5-17(14)26-21-15/h2-5,13,16H,6-12H2,1H3,(H,20,24)/t16-/m0/s1. The molecule has 2 aliphatic heterocycles. The average Bonchev–Trinajstić information content (AvgIpc) is 3.20. The third-order valence-corrected chi connectivity index (χ3v) is 6.38. The molecule has 2 aliphatic rings. The molecule has 0 saturated carbocycles. The van der Waals surface area contributed by atoms with Crippen molar-refractivity contribution in [1.29, 1.82) is 0 Å². The van der Waals surface area contributed by atoms with Crippen molar-refractivity contribution in [3.05, 3.63) is 30.0 Å². The van der Waals surface area contributed by atoms with Crippen molar-refractivity contribution in [2.75, 3.05) is 26.7 Å². The van der Waals surface area contributed by atoms with Crippen LogP contribution in [0.5, 0.6) is 0 Å². The van der Waals surface area contributed by atoms with E-state index in [4.69, 9.17) is 0 Å². The second-order valence-electron chi connectivity index (χ2n) is 7.24. The number of rotatable bonds is 4. The summed E-state index contributed by atoms with van der Waals surface area (Å²) in [5.74, 6) is 0.277. The zero-order valence-corrected chi connectivity index (χ0v) is 15.8. The van der Waals surface area contributed by atoms with Gasteiger partial charge in [0.15, 0.2) is 0 Å². The van der Waals surface area contributed by atoms with Gasteiger partial charge in [-0.3, -0.25) is 14.5 Å². The van der Waals surface area contributed by atoms with Crippen LogP contribution in [0.3, 0.4) is 0 Å². The molecule has 0 bridgehead atoms. The third-order valence-electron chi connectivity index (χ3n) is 5.51. The van der Waals surface area contributed by atoms with Crippen LogP contribution in [0.15, 0.2) is 24.3 Å². The summed E-state index contributed by atoms with van der Waals surface area (Å²) in [4.78, 5) is 28.7. The van der Waals surface area contributed by atoms with E-state index in [-0.39, 0.29) is 23.9 Å². The van der Waals surface area contributed by atoms with Gasteiger partial charge in [-0.2, -0.15) is 4.37 Å². The average molecular weight is 372 g/mol. The Bertz CT molecular complexity index is 813. The van der Waals surface area contributed by atoms with Crippen LogP contribution in [-0.4, -0.2) is 64.8 Å². The van der Waals surface area contributed by atoms with Gasteiger partial charge in [0.25, 0.3) is 0 Å². The van der Waals surface area contributed by atoms with Gasteiger partial charge in [0.1, 0.15) is 0 Å². The molecule has 138 valence electrons. The Morgan fingerprint density at radius 2 is 2.00 bits per heavy atom. The topological polar surface area (TPSA) is 65.5 Å². The Kier molecular flexibility index (Phi) is 4.91. The van der Waals surface area contributed by atoms with Gasteiger partial charge in [0, 0.05) is 38.1 Å². The van der Waals surface area contributed by atoms with Crippen LogP contribution in [-0.2, 0) is 16.0 Å². The van der Waals surface area contributed by atoms with Crippen LogP contribution in [0.4, 0.5) is 0 Å². The molecule has 26 heavy (non-hydrogen) atoms. The number of nitrogens with one attached hydrogen (secondary N) is 1. The lowest BCUT2D eigenvalue weighted by atomic mass is 10.0. The van der Waals surface area contributed by atoms with Crippen molar-refractivity contribution in [2.24, 2.45) is 0 Å². The number of carbonyl (C=O) groups is 2. The van der Waals surface area contributed by atoms with E-state index >= 15 is 0 Å². The van der Waals surface area contributed by atoms with Crippen molar-refractivity contribution < 1.29 is 9.59 Å². The fourth-order valence-electron chi connectivity index (χ4n) is 3.99. The van der Waals surface area contributed by atoms with Crippen LogP contribution in [0.25, 0.3) is 10.1 Å². The lowest BCUT2D eigenvalue weighted by molar-refractivity contribution is -0.131. The highest BCUT2D eigenvalue weighted by molar-refractivity contribution is 7.13. The molecule has 6 nitrogen and oxygen atoms in total. The molecule has 1 aromatic carbocycles. The van der Waals surface area contributed by atoms with Crippen LogP contribution in [0.1, 0.15) is 25.0 Å². The number of aromatic nitrogens is 1. The summed E-state index contributed by atoms with van der Waals surface area (Å²) < 4.78 is 5.56. The number of benzene rings is 1. The maximum absolute atomic E-state index is 12.4. The van der Waals surface area contributed by atoms with Gasteiger partial charge in [-0.05, 0) is 36.9 Å². The fraction of sp³-hybridized carbons (Fsp3) is 0.526. The number of hydrogen-bond donors (Lipinski definition) is 1. The first kappa shape index (κ1) is 17.4. The largest absolute Gasteiger partial charge is 0.353 e. The van der Waals surface area contributed by atoms with E-state index in [0.29, 0.717) is 6.42 Å². The number of hydrogen-bond acceptors (Lipinski definition) is 5. The van der Waals surface area contributed by atoms with E-state index in [2.05, 4.69) is 14.6 Å². The van der Waals surface area contributed by atoms with Gasteiger partial charge in [-0.15, -0.1) is 0 Å². The van der Waals surface area contributed by atoms with Crippen LogP contribution < -0.4 is 5.32 Å².